The maximum absolute atomic E-state index is 13.6. The lowest BCUT2D eigenvalue weighted by Gasteiger charge is -2.10. The van der Waals surface area contributed by atoms with E-state index >= 15 is 0 Å². The summed E-state index contributed by atoms with van der Waals surface area (Å²) in [6.07, 6.45) is 0. The smallest absolute Gasteiger partial charge is 0.261 e. The van der Waals surface area contributed by atoms with Crippen molar-refractivity contribution in [2.75, 3.05) is 0 Å². The van der Waals surface area contributed by atoms with Crippen molar-refractivity contribution in [3.63, 3.8) is 0 Å². The molecule has 0 N–H and O–H groups in total. The van der Waals surface area contributed by atoms with Gasteiger partial charge in [0.05, 0.1) is 4.90 Å². The van der Waals surface area contributed by atoms with Crippen LogP contribution in [0.2, 0.25) is 0 Å². The van der Waals surface area contributed by atoms with E-state index in [1.54, 1.807) is 0 Å². The normalized spacial score (nSPS) is 11.5. The van der Waals surface area contributed by atoms with Gasteiger partial charge in [-0.05, 0) is 42.8 Å². The van der Waals surface area contributed by atoms with E-state index in [0.717, 1.165) is 6.07 Å². The summed E-state index contributed by atoms with van der Waals surface area (Å²) < 4.78 is 55.0. The molecule has 0 bridgehead atoms. The van der Waals surface area contributed by atoms with Crippen molar-refractivity contribution in [3.05, 3.63) is 52.0 Å². The fraction of sp³-hybridized carbons (Fsp3) is 0.0769. The second kappa shape index (κ2) is 5.90. The first-order chi connectivity index (χ1) is 9.68. The van der Waals surface area contributed by atoms with Gasteiger partial charge in [-0.3, -0.25) is 0 Å². The Morgan fingerprint density at radius 3 is 2.43 bits per heavy atom. The zero-order chi connectivity index (χ0) is 15.8. The van der Waals surface area contributed by atoms with E-state index in [4.69, 9.17) is 15.4 Å². The molecule has 0 heterocycles. The summed E-state index contributed by atoms with van der Waals surface area (Å²) in [7, 11) is 1.39. The summed E-state index contributed by atoms with van der Waals surface area (Å²) in [6, 6.07) is 6.14. The molecule has 0 spiro atoms. The third-order valence-electron chi connectivity index (χ3n) is 2.60. The molecule has 0 aliphatic heterocycles. The van der Waals surface area contributed by atoms with Gasteiger partial charge >= 0.3 is 0 Å². The Balaban J connectivity index is 2.40. The summed E-state index contributed by atoms with van der Waals surface area (Å²) in [5.74, 6) is -2.35. The zero-order valence-corrected chi connectivity index (χ0v) is 13.7. The van der Waals surface area contributed by atoms with Gasteiger partial charge in [-0.15, -0.1) is 0 Å². The van der Waals surface area contributed by atoms with Crippen molar-refractivity contribution < 1.29 is 21.9 Å². The number of ether oxygens (including phenoxy) is 1. The summed E-state index contributed by atoms with van der Waals surface area (Å²) in [4.78, 5) is -0.0718. The second-order valence-electron chi connectivity index (χ2n) is 4.17. The Kier molecular flexibility index (Phi) is 4.55. The Morgan fingerprint density at radius 1 is 1.19 bits per heavy atom. The Morgan fingerprint density at radius 2 is 1.86 bits per heavy atom. The van der Waals surface area contributed by atoms with Crippen molar-refractivity contribution in [3.8, 4) is 11.5 Å². The number of aryl methyl sites for hydroxylation is 1. The highest BCUT2D eigenvalue weighted by Crippen LogP contribution is 2.31. The summed E-state index contributed by atoms with van der Waals surface area (Å²) in [5, 5.41) is 0. The number of hydrogen-bond acceptors (Lipinski definition) is 3. The van der Waals surface area contributed by atoms with Gasteiger partial charge in [0.2, 0.25) is 5.82 Å². The van der Waals surface area contributed by atoms with Crippen LogP contribution >= 0.6 is 26.6 Å². The van der Waals surface area contributed by atoms with Crippen LogP contribution in [-0.2, 0) is 9.05 Å². The zero-order valence-electron chi connectivity index (χ0n) is 10.5. The third-order valence-corrected chi connectivity index (χ3v) is 4.54. The van der Waals surface area contributed by atoms with E-state index < -0.39 is 20.7 Å². The molecule has 2 aromatic carbocycles. The van der Waals surface area contributed by atoms with Gasteiger partial charge in [0.25, 0.3) is 9.05 Å². The first kappa shape index (κ1) is 16.2. The maximum Gasteiger partial charge on any atom is 0.261 e. The molecule has 21 heavy (non-hydrogen) atoms. The molecular formula is C13H8BrClF2O3S. The summed E-state index contributed by atoms with van der Waals surface area (Å²) in [6.45, 7) is 1.51. The topological polar surface area (TPSA) is 43.4 Å². The van der Waals surface area contributed by atoms with Crippen molar-refractivity contribution in [2.24, 2.45) is 0 Å². The average molecular weight is 398 g/mol. The molecule has 2 aromatic rings. The first-order valence-electron chi connectivity index (χ1n) is 5.56. The molecule has 3 nitrogen and oxygen atoms in total. The highest BCUT2D eigenvalue weighted by Gasteiger charge is 2.16. The molecule has 0 atom stereocenters. The van der Waals surface area contributed by atoms with Crippen molar-refractivity contribution >= 4 is 35.7 Å². The van der Waals surface area contributed by atoms with Crippen LogP contribution in [0.1, 0.15) is 5.56 Å². The Bertz CT molecular complexity index is 809. The van der Waals surface area contributed by atoms with Crippen molar-refractivity contribution in [1.82, 2.24) is 0 Å². The lowest BCUT2D eigenvalue weighted by Crippen LogP contribution is -1.96. The van der Waals surface area contributed by atoms with Crippen LogP contribution < -0.4 is 4.74 Å². The van der Waals surface area contributed by atoms with E-state index in [-0.39, 0.29) is 16.4 Å². The van der Waals surface area contributed by atoms with Crippen LogP contribution in [0.5, 0.6) is 11.5 Å². The minimum Gasteiger partial charge on any atom is -0.454 e. The largest absolute Gasteiger partial charge is 0.454 e. The second-order valence-corrected chi connectivity index (χ2v) is 7.62. The van der Waals surface area contributed by atoms with E-state index in [2.05, 4.69) is 15.9 Å². The molecule has 0 amide bonds. The van der Waals surface area contributed by atoms with Gasteiger partial charge in [0.1, 0.15) is 5.75 Å². The monoisotopic (exact) mass is 396 g/mol. The Hall–Kier alpha value is -1.18. The van der Waals surface area contributed by atoms with Crippen LogP contribution in [0.3, 0.4) is 0 Å². The molecule has 8 heteroatoms. The number of rotatable bonds is 3. The van der Waals surface area contributed by atoms with Gasteiger partial charge in [0, 0.05) is 15.2 Å². The van der Waals surface area contributed by atoms with Crippen molar-refractivity contribution in [2.45, 2.75) is 11.8 Å². The molecule has 0 aliphatic rings. The minimum absolute atomic E-state index is 0.0718. The van der Waals surface area contributed by atoms with E-state index in [1.807, 2.05) is 0 Å². The van der Waals surface area contributed by atoms with Crippen LogP contribution in [0.4, 0.5) is 8.78 Å². The molecule has 0 saturated heterocycles. The predicted molar refractivity (Wildman–Crippen MR) is 78.3 cm³/mol. The number of halogens is 4. The Labute approximate surface area is 133 Å². The van der Waals surface area contributed by atoms with Gasteiger partial charge in [-0.2, -0.15) is 4.39 Å². The van der Waals surface area contributed by atoms with Gasteiger partial charge in [-0.1, -0.05) is 15.9 Å². The van der Waals surface area contributed by atoms with Gasteiger partial charge < -0.3 is 4.74 Å². The highest BCUT2D eigenvalue weighted by atomic mass is 79.9. The SMILES string of the molecule is Cc1cc(Oc2cc(Br)cc(F)c2F)ccc1S(=O)(=O)Cl. The minimum atomic E-state index is -3.87. The molecule has 0 fully saturated rings. The van der Waals surface area contributed by atoms with Crippen LogP contribution in [0.25, 0.3) is 0 Å². The lowest BCUT2D eigenvalue weighted by molar-refractivity contribution is 0.415. The predicted octanol–water partition coefficient (Wildman–Crippen LogP) is 4.76. The van der Waals surface area contributed by atoms with Crippen LogP contribution in [0, 0.1) is 18.6 Å². The maximum atomic E-state index is 13.6. The lowest BCUT2D eigenvalue weighted by atomic mass is 10.2. The standard InChI is InChI=1S/C13H8BrClF2O3S/c1-7-4-9(2-3-12(7)21(15,18)19)20-11-6-8(14)5-10(16)13(11)17/h2-6H,1H3. The molecule has 0 radical (unpaired) electrons. The number of benzene rings is 2. The quantitative estimate of drug-likeness (QED) is 0.554. The highest BCUT2D eigenvalue weighted by molar-refractivity contribution is 9.10. The molecule has 0 unspecified atom stereocenters. The molecule has 0 saturated carbocycles. The molecule has 2 rings (SSSR count). The number of hydrogen-bond donors (Lipinski definition) is 0. The van der Waals surface area contributed by atoms with Crippen LogP contribution in [0.15, 0.2) is 39.7 Å². The summed E-state index contributed by atoms with van der Waals surface area (Å²) in [5.41, 5.74) is 0.332. The molecule has 0 aromatic heterocycles. The first-order valence-corrected chi connectivity index (χ1v) is 8.66. The van der Waals surface area contributed by atoms with E-state index in [1.165, 1.54) is 31.2 Å². The fourth-order valence-electron chi connectivity index (χ4n) is 1.69. The van der Waals surface area contributed by atoms with Gasteiger partial charge in [-0.25, -0.2) is 12.8 Å². The molecule has 0 aliphatic carbocycles. The van der Waals surface area contributed by atoms with E-state index in [9.17, 15) is 17.2 Å². The fourth-order valence-corrected chi connectivity index (χ4v) is 3.29. The van der Waals surface area contributed by atoms with Crippen LogP contribution in [-0.4, -0.2) is 8.42 Å². The molecule has 112 valence electrons. The summed E-state index contributed by atoms with van der Waals surface area (Å²) >= 11 is 3.03. The van der Waals surface area contributed by atoms with Gasteiger partial charge in [0.15, 0.2) is 11.6 Å². The van der Waals surface area contributed by atoms with Crippen molar-refractivity contribution in [1.29, 1.82) is 0 Å². The third kappa shape index (κ3) is 3.72. The van der Waals surface area contributed by atoms with E-state index in [0.29, 0.717) is 10.0 Å². The molecular weight excluding hydrogens is 390 g/mol. The average Bonchev–Trinajstić information content (AvgIpc) is 2.33.